The first-order valence-electron chi connectivity index (χ1n) is 6.35. The van der Waals surface area contributed by atoms with E-state index in [9.17, 15) is 22.8 Å². The van der Waals surface area contributed by atoms with Gasteiger partial charge in [-0.2, -0.15) is 13.2 Å². The molecule has 0 radical (unpaired) electrons. The minimum Gasteiger partial charge on any atom is -0.446 e. The largest absolute Gasteiger partial charge is 0.446 e. The number of halogens is 3. The SMILES string of the molecule is Cn1cc(C(=O)OC(C2CCCO2)C(F)(F)F)ccc1=O. The van der Waals surface area contributed by atoms with E-state index in [1.807, 2.05) is 0 Å². The molecule has 116 valence electrons. The maximum Gasteiger partial charge on any atom is 0.428 e. The van der Waals surface area contributed by atoms with Crippen LogP contribution in [0.4, 0.5) is 13.2 Å². The molecule has 0 bridgehead atoms. The zero-order chi connectivity index (χ0) is 15.6. The number of hydrogen-bond donors (Lipinski definition) is 0. The Hall–Kier alpha value is -1.83. The van der Waals surface area contributed by atoms with Crippen molar-refractivity contribution < 1.29 is 27.4 Å². The lowest BCUT2D eigenvalue weighted by Crippen LogP contribution is -2.43. The van der Waals surface area contributed by atoms with Crippen LogP contribution in [0.25, 0.3) is 0 Å². The second-order valence-electron chi connectivity index (χ2n) is 4.79. The second-order valence-corrected chi connectivity index (χ2v) is 4.79. The van der Waals surface area contributed by atoms with E-state index in [-0.39, 0.29) is 24.2 Å². The van der Waals surface area contributed by atoms with Gasteiger partial charge in [-0.25, -0.2) is 4.79 Å². The number of pyridine rings is 1. The zero-order valence-corrected chi connectivity index (χ0v) is 11.2. The van der Waals surface area contributed by atoms with Gasteiger partial charge in [-0.3, -0.25) is 4.79 Å². The summed E-state index contributed by atoms with van der Waals surface area (Å²) < 4.78 is 49.6. The number of carbonyl (C=O) groups excluding carboxylic acids is 1. The van der Waals surface area contributed by atoms with Crippen molar-refractivity contribution in [1.82, 2.24) is 4.57 Å². The molecule has 0 spiro atoms. The Morgan fingerprint density at radius 3 is 2.71 bits per heavy atom. The van der Waals surface area contributed by atoms with Crippen LogP contribution in [0, 0.1) is 0 Å². The molecule has 0 saturated carbocycles. The number of ether oxygens (including phenoxy) is 2. The molecule has 1 aromatic heterocycles. The van der Waals surface area contributed by atoms with Crippen LogP contribution < -0.4 is 5.56 Å². The van der Waals surface area contributed by atoms with E-state index < -0.39 is 24.4 Å². The van der Waals surface area contributed by atoms with Crippen molar-refractivity contribution in [3.63, 3.8) is 0 Å². The molecule has 1 aliphatic rings. The predicted octanol–water partition coefficient (Wildman–Crippen LogP) is 1.65. The Labute approximate surface area is 118 Å². The Morgan fingerprint density at radius 2 is 2.19 bits per heavy atom. The van der Waals surface area contributed by atoms with Crippen LogP contribution in [0.1, 0.15) is 23.2 Å². The van der Waals surface area contributed by atoms with Gasteiger partial charge in [-0.1, -0.05) is 0 Å². The van der Waals surface area contributed by atoms with Gasteiger partial charge >= 0.3 is 12.1 Å². The van der Waals surface area contributed by atoms with Crippen molar-refractivity contribution in [3.05, 3.63) is 34.2 Å². The topological polar surface area (TPSA) is 57.5 Å². The van der Waals surface area contributed by atoms with Crippen molar-refractivity contribution in [2.24, 2.45) is 7.05 Å². The van der Waals surface area contributed by atoms with Crippen molar-refractivity contribution in [3.8, 4) is 0 Å². The molecular formula is C13H14F3NO4. The van der Waals surface area contributed by atoms with Gasteiger partial charge < -0.3 is 14.0 Å². The molecule has 1 saturated heterocycles. The van der Waals surface area contributed by atoms with Crippen LogP contribution in [-0.4, -0.2) is 35.5 Å². The Balaban J connectivity index is 2.17. The maximum absolute atomic E-state index is 13.0. The summed E-state index contributed by atoms with van der Waals surface area (Å²) in [6.45, 7) is 0.217. The summed E-state index contributed by atoms with van der Waals surface area (Å²) >= 11 is 0. The molecule has 0 amide bonds. The van der Waals surface area contributed by atoms with Gasteiger partial charge in [-0.05, 0) is 18.9 Å². The third kappa shape index (κ3) is 3.63. The normalized spacial score (nSPS) is 20.3. The fourth-order valence-corrected chi connectivity index (χ4v) is 2.09. The Bertz CT molecular complexity index is 576. The number of aromatic nitrogens is 1. The minimum atomic E-state index is -4.70. The summed E-state index contributed by atoms with van der Waals surface area (Å²) in [6.07, 6.45) is -6.37. The van der Waals surface area contributed by atoms with Crippen LogP contribution in [0.5, 0.6) is 0 Å². The number of aryl methyl sites for hydroxylation is 1. The molecule has 0 N–H and O–H groups in total. The van der Waals surface area contributed by atoms with Crippen molar-refractivity contribution in [2.75, 3.05) is 6.61 Å². The molecule has 0 aliphatic carbocycles. The summed E-state index contributed by atoms with van der Waals surface area (Å²) in [5.74, 6) is -1.14. The van der Waals surface area contributed by atoms with Gasteiger partial charge in [0.05, 0.1) is 5.56 Å². The highest BCUT2D eigenvalue weighted by Crippen LogP contribution is 2.31. The van der Waals surface area contributed by atoms with Gasteiger partial charge in [0.1, 0.15) is 6.10 Å². The number of hydrogen-bond acceptors (Lipinski definition) is 4. The second kappa shape index (κ2) is 5.88. The standard InChI is InChI=1S/C13H14F3NO4/c1-17-7-8(4-5-10(17)18)12(19)21-11(13(14,15)16)9-3-2-6-20-9/h4-5,7,9,11H,2-3,6H2,1H3. The first-order valence-corrected chi connectivity index (χ1v) is 6.35. The summed E-state index contributed by atoms with van der Waals surface area (Å²) in [4.78, 5) is 23.0. The summed E-state index contributed by atoms with van der Waals surface area (Å²) in [5, 5.41) is 0. The van der Waals surface area contributed by atoms with E-state index >= 15 is 0 Å². The van der Waals surface area contributed by atoms with E-state index in [1.54, 1.807) is 0 Å². The molecular weight excluding hydrogens is 291 g/mol. The molecule has 2 unspecified atom stereocenters. The average Bonchev–Trinajstić information content (AvgIpc) is 2.91. The molecule has 21 heavy (non-hydrogen) atoms. The number of nitrogens with zero attached hydrogens (tertiary/aromatic N) is 1. The van der Waals surface area contributed by atoms with Gasteiger partial charge in [0.15, 0.2) is 0 Å². The molecule has 1 aromatic rings. The van der Waals surface area contributed by atoms with Crippen LogP contribution in [0.3, 0.4) is 0 Å². The molecule has 2 heterocycles. The van der Waals surface area contributed by atoms with E-state index in [4.69, 9.17) is 4.74 Å². The zero-order valence-electron chi connectivity index (χ0n) is 11.2. The van der Waals surface area contributed by atoms with Crippen LogP contribution in [0.15, 0.2) is 23.1 Å². The third-order valence-corrected chi connectivity index (χ3v) is 3.18. The van der Waals surface area contributed by atoms with Crippen molar-refractivity contribution in [2.45, 2.75) is 31.2 Å². The molecule has 5 nitrogen and oxygen atoms in total. The van der Waals surface area contributed by atoms with E-state index in [2.05, 4.69) is 4.74 Å². The molecule has 0 aromatic carbocycles. The minimum absolute atomic E-state index is 0.121. The monoisotopic (exact) mass is 305 g/mol. The van der Waals surface area contributed by atoms with Gasteiger partial charge in [0.2, 0.25) is 11.7 Å². The highest BCUT2D eigenvalue weighted by atomic mass is 19.4. The lowest BCUT2D eigenvalue weighted by Gasteiger charge is -2.25. The van der Waals surface area contributed by atoms with Gasteiger partial charge in [0, 0.05) is 25.9 Å². The quantitative estimate of drug-likeness (QED) is 0.797. The number of rotatable bonds is 3. The first-order chi connectivity index (χ1) is 9.79. The summed E-state index contributed by atoms with van der Waals surface area (Å²) in [6, 6.07) is 2.22. The third-order valence-electron chi connectivity index (χ3n) is 3.18. The summed E-state index contributed by atoms with van der Waals surface area (Å²) in [5.41, 5.74) is -0.498. The number of alkyl halides is 3. The van der Waals surface area contributed by atoms with E-state index in [0.29, 0.717) is 6.42 Å². The molecule has 1 fully saturated rings. The summed E-state index contributed by atoms with van der Waals surface area (Å²) in [7, 11) is 1.39. The predicted molar refractivity (Wildman–Crippen MR) is 65.9 cm³/mol. The highest BCUT2D eigenvalue weighted by molar-refractivity contribution is 5.89. The van der Waals surface area contributed by atoms with E-state index in [0.717, 1.165) is 22.9 Å². The fourth-order valence-electron chi connectivity index (χ4n) is 2.09. The van der Waals surface area contributed by atoms with E-state index in [1.165, 1.54) is 7.05 Å². The Kier molecular flexibility index (Phi) is 4.36. The Morgan fingerprint density at radius 1 is 1.48 bits per heavy atom. The fraction of sp³-hybridized carbons (Fsp3) is 0.538. The van der Waals surface area contributed by atoms with Crippen LogP contribution in [0.2, 0.25) is 0 Å². The molecule has 8 heteroatoms. The van der Waals surface area contributed by atoms with Crippen LogP contribution >= 0.6 is 0 Å². The van der Waals surface area contributed by atoms with Crippen LogP contribution in [-0.2, 0) is 16.5 Å². The number of esters is 1. The van der Waals surface area contributed by atoms with Crippen molar-refractivity contribution in [1.29, 1.82) is 0 Å². The van der Waals surface area contributed by atoms with Gasteiger partial charge in [-0.15, -0.1) is 0 Å². The lowest BCUT2D eigenvalue weighted by atomic mass is 10.1. The molecule has 1 aliphatic heterocycles. The van der Waals surface area contributed by atoms with Crippen molar-refractivity contribution >= 4 is 5.97 Å². The smallest absolute Gasteiger partial charge is 0.428 e. The number of carbonyl (C=O) groups is 1. The maximum atomic E-state index is 13.0. The molecule has 2 rings (SSSR count). The average molecular weight is 305 g/mol. The highest BCUT2D eigenvalue weighted by Gasteiger charge is 2.49. The lowest BCUT2D eigenvalue weighted by molar-refractivity contribution is -0.230. The molecule has 2 atom stereocenters. The van der Waals surface area contributed by atoms with Gasteiger partial charge in [0.25, 0.3) is 0 Å². The first kappa shape index (κ1) is 15.6.